The van der Waals surface area contributed by atoms with Crippen LogP contribution in [0.5, 0.6) is 0 Å². The van der Waals surface area contributed by atoms with Crippen molar-refractivity contribution in [2.24, 2.45) is 10.8 Å². The number of rotatable bonds is 8. The molecule has 348 valence electrons. The van der Waals surface area contributed by atoms with Gasteiger partial charge in [-0.25, -0.2) is 0 Å². The summed E-state index contributed by atoms with van der Waals surface area (Å²) in [6.07, 6.45) is 6.66. The minimum absolute atomic E-state index is 0.0991. The molecule has 4 aliphatic rings. The van der Waals surface area contributed by atoms with Gasteiger partial charge in [-0.1, -0.05) is 39.8 Å². The van der Waals surface area contributed by atoms with Crippen LogP contribution in [0.4, 0.5) is 11.4 Å². The second-order valence-electron chi connectivity index (χ2n) is 19.8. The zero-order valence-corrected chi connectivity index (χ0v) is 39.5. The van der Waals surface area contributed by atoms with Gasteiger partial charge in [0, 0.05) is 96.0 Å². The van der Waals surface area contributed by atoms with Gasteiger partial charge in [-0.3, -0.25) is 29.6 Å². The highest BCUT2D eigenvalue weighted by Gasteiger charge is 2.32. The molecule has 4 aromatic heterocycles. The van der Waals surface area contributed by atoms with Crippen LogP contribution in [0, 0.1) is 10.8 Å². The predicted molar refractivity (Wildman–Crippen MR) is 258 cm³/mol. The standard InChI is InChI=1S/C25H33N5O2.C18H22N4.C7H13NO3/c1-16(30-9-11-32-12-10-30)24(31)29(4)18-6-5-17-13-21(26-20(17)14-18)23-19-7-8-25(2,3)15-22(19)27-28-23;1-18(2)7-6-13-16(10-18)21-22-17(13)15-8-11-4-5-12(19-3)9-14(11)20-15;1-6(7(9)10)8-2-4-11-5-3-8/h5-6,13-14,16,26H,7-12,15H2,1-4H3,(H,27,28);4-5,8-9,19-20H,6-7,10H2,1-3H3,(H,21,22);6H,2-5H2,1H3,(H,9,10)/t16-;;6-/m0.0/s1. The molecule has 2 aromatic carbocycles. The lowest BCUT2D eigenvalue weighted by molar-refractivity contribution is -0.144. The zero-order valence-electron chi connectivity index (χ0n) is 39.5. The summed E-state index contributed by atoms with van der Waals surface area (Å²) in [5.74, 6) is -0.658. The molecule has 0 spiro atoms. The van der Waals surface area contributed by atoms with Gasteiger partial charge in [-0.05, 0) is 99.6 Å². The molecule has 2 saturated heterocycles. The number of nitrogens with one attached hydrogen (secondary N) is 5. The third-order valence-corrected chi connectivity index (χ3v) is 14.0. The number of benzene rings is 2. The van der Waals surface area contributed by atoms with E-state index < -0.39 is 5.97 Å². The van der Waals surface area contributed by atoms with Crippen molar-refractivity contribution in [3.05, 3.63) is 71.0 Å². The summed E-state index contributed by atoms with van der Waals surface area (Å²) < 4.78 is 10.5. The SMILES string of the molecule is CNc1ccc2cc(-c3n[nH]c4c3CCC(C)(C)C4)[nH]c2c1.C[C@@H](C(=O)N(C)c1ccc2cc(-c3n[nH]c4c3CCC(C)(C)C4)[nH]c2c1)N1CCOCC1.C[C@@H](C(=O)O)N1CCOCC1. The van der Waals surface area contributed by atoms with Crippen LogP contribution in [0.25, 0.3) is 44.6 Å². The molecule has 6 N–H and O–H groups in total. The fraction of sp³-hybridized carbons (Fsp3) is 0.520. The van der Waals surface area contributed by atoms with Crippen LogP contribution < -0.4 is 10.2 Å². The van der Waals surface area contributed by atoms with E-state index in [-0.39, 0.29) is 18.0 Å². The second-order valence-corrected chi connectivity index (χ2v) is 19.8. The van der Waals surface area contributed by atoms with E-state index in [1.807, 2.05) is 32.0 Å². The first-order valence-electron chi connectivity index (χ1n) is 23.3. The van der Waals surface area contributed by atoms with E-state index in [0.29, 0.717) is 37.3 Å². The van der Waals surface area contributed by atoms with E-state index in [2.05, 4.69) is 111 Å². The van der Waals surface area contributed by atoms with Gasteiger partial charge in [-0.15, -0.1) is 0 Å². The second kappa shape index (κ2) is 19.2. The molecular formula is C50H68N10O5. The van der Waals surface area contributed by atoms with Crippen LogP contribution in [0.2, 0.25) is 0 Å². The van der Waals surface area contributed by atoms with Crippen LogP contribution >= 0.6 is 0 Å². The van der Waals surface area contributed by atoms with Crippen LogP contribution in [0.15, 0.2) is 48.5 Å². The van der Waals surface area contributed by atoms with Gasteiger partial charge < -0.3 is 34.8 Å². The molecule has 0 radical (unpaired) electrons. The predicted octanol–water partition coefficient (Wildman–Crippen LogP) is 7.66. The molecule has 6 aromatic rings. The average Bonchev–Trinajstić information content (AvgIpc) is 4.12. The first-order chi connectivity index (χ1) is 31.1. The Morgan fingerprint density at radius 1 is 0.723 bits per heavy atom. The minimum atomic E-state index is -0.758. The minimum Gasteiger partial charge on any atom is -0.480 e. The van der Waals surface area contributed by atoms with Crippen molar-refractivity contribution in [2.45, 2.75) is 92.2 Å². The van der Waals surface area contributed by atoms with Crippen LogP contribution in [-0.4, -0.2) is 136 Å². The summed E-state index contributed by atoms with van der Waals surface area (Å²) in [5.41, 5.74) is 14.4. The van der Waals surface area contributed by atoms with Crippen molar-refractivity contribution in [2.75, 3.05) is 76.9 Å². The summed E-state index contributed by atoms with van der Waals surface area (Å²) >= 11 is 0. The van der Waals surface area contributed by atoms with E-state index >= 15 is 0 Å². The fourth-order valence-electron chi connectivity index (χ4n) is 9.65. The molecule has 0 bridgehead atoms. The Labute approximate surface area is 382 Å². The number of anilines is 2. The number of fused-ring (bicyclic) bond motifs is 4. The van der Waals surface area contributed by atoms with Gasteiger partial charge in [-0.2, -0.15) is 10.2 Å². The smallest absolute Gasteiger partial charge is 0.320 e. The number of aromatic nitrogens is 6. The van der Waals surface area contributed by atoms with Crippen molar-refractivity contribution in [3.8, 4) is 22.8 Å². The monoisotopic (exact) mass is 889 g/mol. The maximum Gasteiger partial charge on any atom is 0.320 e. The maximum atomic E-state index is 13.1. The molecule has 15 nitrogen and oxygen atoms in total. The number of carboxylic acids is 1. The summed E-state index contributed by atoms with van der Waals surface area (Å²) in [7, 11) is 3.80. The Hall–Kier alpha value is -5.48. The largest absolute Gasteiger partial charge is 0.480 e. The number of H-pyrrole nitrogens is 4. The fourth-order valence-corrected chi connectivity index (χ4v) is 9.65. The maximum absolute atomic E-state index is 13.1. The molecule has 2 atom stereocenters. The molecule has 2 fully saturated rings. The van der Waals surface area contributed by atoms with Crippen molar-refractivity contribution >= 4 is 45.1 Å². The van der Waals surface area contributed by atoms with Gasteiger partial charge in [0.25, 0.3) is 0 Å². The number of morpholine rings is 2. The number of hydrogen-bond donors (Lipinski definition) is 6. The number of aliphatic carboxylic acids is 1. The topological polar surface area (TPSA) is 184 Å². The number of amides is 1. The van der Waals surface area contributed by atoms with Crippen LogP contribution in [-0.2, 0) is 44.7 Å². The molecule has 15 heteroatoms. The number of hydrogen-bond acceptors (Lipinski definition) is 9. The Balaban J connectivity index is 0.000000150. The molecular weight excluding hydrogens is 821 g/mol. The first kappa shape index (κ1) is 46.1. The van der Waals surface area contributed by atoms with E-state index in [1.165, 1.54) is 40.7 Å². The molecule has 65 heavy (non-hydrogen) atoms. The molecule has 0 unspecified atom stereocenters. The van der Waals surface area contributed by atoms with Gasteiger partial charge in [0.15, 0.2) is 0 Å². The molecule has 6 heterocycles. The number of ether oxygens (including phenoxy) is 2. The number of nitrogens with zero attached hydrogens (tertiary/aromatic N) is 5. The van der Waals surface area contributed by atoms with E-state index in [0.717, 1.165) is 102 Å². The summed E-state index contributed by atoms with van der Waals surface area (Å²) in [6.45, 7) is 18.7. The molecule has 10 rings (SSSR count). The Morgan fingerprint density at radius 3 is 1.69 bits per heavy atom. The Bertz CT molecular complexity index is 2610. The first-order valence-corrected chi connectivity index (χ1v) is 23.3. The van der Waals surface area contributed by atoms with Gasteiger partial charge in [0.1, 0.15) is 17.4 Å². The van der Waals surface area contributed by atoms with Crippen LogP contribution in [0.3, 0.4) is 0 Å². The molecule has 1 amide bonds. The number of carboxylic acid groups (broad SMARTS) is 1. The Kier molecular flexibility index (Phi) is 13.6. The van der Waals surface area contributed by atoms with Crippen molar-refractivity contribution in [3.63, 3.8) is 0 Å². The van der Waals surface area contributed by atoms with Crippen molar-refractivity contribution in [1.82, 2.24) is 40.2 Å². The third kappa shape index (κ3) is 10.3. The summed E-state index contributed by atoms with van der Waals surface area (Å²) in [6, 6.07) is 16.4. The molecule has 0 saturated carbocycles. The highest BCUT2D eigenvalue weighted by Crippen LogP contribution is 2.40. The van der Waals surface area contributed by atoms with E-state index in [1.54, 1.807) is 11.8 Å². The number of likely N-dealkylation sites (N-methyl/N-ethyl adjacent to an activating group) is 1. The lowest BCUT2D eigenvalue weighted by Gasteiger charge is -2.33. The van der Waals surface area contributed by atoms with Crippen LogP contribution in [0.1, 0.15) is 76.9 Å². The number of carbonyl (C=O) groups is 2. The lowest BCUT2D eigenvalue weighted by atomic mass is 9.76. The molecule has 2 aliphatic carbocycles. The Morgan fingerprint density at radius 2 is 1.20 bits per heavy atom. The van der Waals surface area contributed by atoms with E-state index in [4.69, 9.17) is 14.6 Å². The number of aromatic amines is 4. The van der Waals surface area contributed by atoms with E-state index in [9.17, 15) is 9.59 Å². The number of carbonyl (C=O) groups excluding carboxylic acids is 1. The van der Waals surface area contributed by atoms with Gasteiger partial charge >= 0.3 is 5.97 Å². The molecule has 2 aliphatic heterocycles. The van der Waals surface area contributed by atoms with Gasteiger partial charge in [0.2, 0.25) is 5.91 Å². The highest BCUT2D eigenvalue weighted by atomic mass is 16.5. The summed E-state index contributed by atoms with van der Waals surface area (Å²) in [5, 5.41) is 30.0. The highest BCUT2D eigenvalue weighted by molar-refractivity contribution is 5.99. The summed E-state index contributed by atoms with van der Waals surface area (Å²) in [4.78, 5) is 36.5. The van der Waals surface area contributed by atoms with Crippen molar-refractivity contribution < 1.29 is 24.2 Å². The zero-order chi connectivity index (χ0) is 46.0. The lowest BCUT2D eigenvalue weighted by Crippen LogP contribution is -2.50. The normalized spacial score (nSPS) is 19.2. The quantitative estimate of drug-likeness (QED) is 0.0888. The van der Waals surface area contributed by atoms with Gasteiger partial charge in [0.05, 0.1) is 43.9 Å². The average molecular weight is 889 g/mol. The van der Waals surface area contributed by atoms with Crippen molar-refractivity contribution in [1.29, 1.82) is 0 Å². The third-order valence-electron chi connectivity index (χ3n) is 14.0.